The van der Waals surface area contributed by atoms with Crippen molar-refractivity contribution in [3.05, 3.63) is 57.2 Å². The Hall–Kier alpha value is -0.840. The molecule has 0 aliphatic rings. The van der Waals surface area contributed by atoms with Crippen LogP contribution >= 0.6 is 27.5 Å². The van der Waals surface area contributed by atoms with Crippen LogP contribution < -0.4 is 5.32 Å². The van der Waals surface area contributed by atoms with Gasteiger partial charge in [-0.2, -0.15) is 0 Å². The highest BCUT2D eigenvalue weighted by atomic mass is 79.9. The maximum atomic E-state index is 13.3. The predicted octanol–water partition coefficient (Wildman–Crippen LogP) is 4.73. The van der Waals surface area contributed by atoms with E-state index in [1.165, 1.54) is 12.1 Å². The number of furan rings is 1. The highest BCUT2D eigenvalue weighted by molar-refractivity contribution is 9.10. The van der Waals surface area contributed by atoms with Crippen LogP contribution in [0.15, 0.2) is 39.4 Å². The van der Waals surface area contributed by atoms with Crippen LogP contribution in [0.3, 0.4) is 0 Å². The Morgan fingerprint density at radius 1 is 1.37 bits per heavy atom. The molecule has 0 aliphatic carbocycles. The van der Waals surface area contributed by atoms with Crippen molar-refractivity contribution >= 4 is 27.5 Å². The topological polar surface area (TPSA) is 25.2 Å². The van der Waals surface area contributed by atoms with Crippen LogP contribution in [0.2, 0.25) is 5.02 Å². The first-order valence-electron chi connectivity index (χ1n) is 6.02. The first kappa shape index (κ1) is 14.6. The minimum atomic E-state index is -0.282. The van der Waals surface area contributed by atoms with E-state index in [9.17, 15) is 4.39 Å². The Bertz CT molecular complexity index is 558. The molecular weight excluding hydrogens is 333 g/mol. The van der Waals surface area contributed by atoms with E-state index in [2.05, 4.69) is 21.2 Å². The van der Waals surface area contributed by atoms with Gasteiger partial charge in [-0.3, -0.25) is 0 Å². The molecule has 1 unspecified atom stereocenters. The molecule has 102 valence electrons. The second-order valence-electron chi connectivity index (χ2n) is 4.19. The standard InChI is InChI=1S/C14H14BrClFNO/c1-2-18-12(13-5-6-14(15)19-13)8-9-7-10(17)3-4-11(9)16/h3-7,12,18H,2,8H2,1H3. The van der Waals surface area contributed by atoms with Crippen molar-refractivity contribution < 1.29 is 8.81 Å². The zero-order chi connectivity index (χ0) is 13.8. The van der Waals surface area contributed by atoms with Crippen molar-refractivity contribution in [1.29, 1.82) is 0 Å². The lowest BCUT2D eigenvalue weighted by Crippen LogP contribution is -2.22. The highest BCUT2D eigenvalue weighted by Crippen LogP contribution is 2.27. The second-order valence-corrected chi connectivity index (χ2v) is 5.38. The molecule has 19 heavy (non-hydrogen) atoms. The molecular formula is C14H14BrClFNO. The van der Waals surface area contributed by atoms with Crippen LogP contribution in [-0.2, 0) is 6.42 Å². The van der Waals surface area contributed by atoms with Crippen LogP contribution in [0.4, 0.5) is 4.39 Å². The predicted molar refractivity (Wildman–Crippen MR) is 77.9 cm³/mol. The van der Waals surface area contributed by atoms with Crippen LogP contribution in [0.25, 0.3) is 0 Å². The molecule has 0 saturated heterocycles. The summed E-state index contributed by atoms with van der Waals surface area (Å²) in [5, 5.41) is 3.88. The summed E-state index contributed by atoms with van der Waals surface area (Å²) in [7, 11) is 0. The number of rotatable bonds is 5. The molecule has 0 fully saturated rings. The summed E-state index contributed by atoms with van der Waals surface area (Å²) in [4.78, 5) is 0. The van der Waals surface area contributed by atoms with Crippen LogP contribution in [-0.4, -0.2) is 6.54 Å². The Balaban J connectivity index is 2.23. The van der Waals surface area contributed by atoms with Gasteiger partial charge in [0.1, 0.15) is 11.6 Å². The number of nitrogens with one attached hydrogen (secondary N) is 1. The Labute approximate surface area is 125 Å². The molecule has 2 nitrogen and oxygen atoms in total. The summed E-state index contributed by atoms with van der Waals surface area (Å²) in [5.74, 6) is 0.518. The quantitative estimate of drug-likeness (QED) is 0.847. The van der Waals surface area contributed by atoms with Crippen molar-refractivity contribution in [2.75, 3.05) is 6.54 Å². The van der Waals surface area contributed by atoms with E-state index in [0.717, 1.165) is 17.9 Å². The lowest BCUT2D eigenvalue weighted by Gasteiger charge is -2.16. The smallest absolute Gasteiger partial charge is 0.169 e. The third-order valence-corrected chi connectivity index (χ3v) is 3.61. The summed E-state index contributed by atoms with van der Waals surface area (Å²) < 4.78 is 19.5. The summed E-state index contributed by atoms with van der Waals surface area (Å²) in [5.41, 5.74) is 0.764. The zero-order valence-electron chi connectivity index (χ0n) is 10.4. The molecule has 0 amide bonds. The van der Waals surface area contributed by atoms with Gasteiger partial charge in [-0.1, -0.05) is 18.5 Å². The van der Waals surface area contributed by atoms with E-state index >= 15 is 0 Å². The van der Waals surface area contributed by atoms with Crippen molar-refractivity contribution in [2.45, 2.75) is 19.4 Å². The van der Waals surface area contributed by atoms with Crippen LogP contribution in [0.5, 0.6) is 0 Å². The summed E-state index contributed by atoms with van der Waals surface area (Å²) in [6, 6.07) is 8.10. The number of benzene rings is 1. The average molecular weight is 347 g/mol. The van der Waals surface area contributed by atoms with E-state index < -0.39 is 0 Å². The zero-order valence-corrected chi connectivity index (χ0v) is 12.8. The van der Waals surface area contributed by atoms with Gasteiger partial charge < -0.3 is 9.73 Å². The molecule has 1 aromatic heterocycles. The summed E-state index contributed by atoms with van der Waals surface area (Å²) >= 11 is 9.38. The molecule has 2 rings (SSSR count). The molecule has 1 aromatic carbocycles. The minimum absolute atomic E-state index is 0.0319. The molecule has 1 N–H and O–H groups in total. The molecule has 0 bridgehead atoms. The fourth-order valence-corrected chi connectivity index (χ4v) is 2.47. The Kier molecular flexibility index (Phi) is 5.02. The molecule has 2 aromatic rings. The lowest BCUT2D eigenvalue weighted by atomic mass is 10.0. The lowest BCUT2D eigenvalue weighted by molar-refractivity contribution is 0.405. The summed E-state index contributed by atoms with van der Waals surface area (Å²) in [6.45, 7) is 2.80. The second kappa shape index (κ2) is 6.55. The van der Waals surface area contributed by atoms with Crippen molar-refractivity contribution in [3.8, 4) is 0 Å². The molecule has 0 aliphatic heterocycles. The van der Waals surface area contributed by atoms with E-state index in [1.807, 2.05) is 19.1 Å². The van der Waals surface area contributed by atoms with Gasteiger partial charge in [0.25, 0.3) is 0 Å². The SMILES string of the molecule is CCNC(Cc1cc(F)ccc1Cl)c1ccc(Br)o1. The van der Waals surface area contributed by atoms with Crippen molar-refractivity contribution in [3.63, 3.8) is 0 Å². The fraction of sp³-hybridized carbons (Fsp3) is 0.286. The average Bonchev–Trinajstić information content (AvgIpc) is 2.80. The molecule has 0 radical (unpaired) electrons. The van der Waals surface area contributed by atoms with Gasteiger partial charge in [0.05, 0.1) is 6.04 Å². The van der Waals surface area contributed by atoms with Gasteiger partial charge in [-0.15, -0.1) is 0 Å². The Morgan fingerprint density at radius 3 is 2.79 bits per heavy atom. The number of halogens is 3. The third-order valence-electron chi connectivity index (χ3n) is 2.82. The van der Waals surface area contributed by atoms with E-state index in [4.69, 9.17) is 16.0 Å². The first-order chi connectivity index (χ1) is 9.10. The number of likely N-dealkylation sites (N-methyl/N-ethyl adjacent to an activating group) is 1. The number of hydrogen-bond acceptors (Lipinski definition) is 2. The normalized spacial score (nSPS) is 12.6. The third kappa shape index (κ3) is 3.81. The van der Waals surface area contributed by atoms with Crippen LogP contribution in [0.1, 0.15) is 24.3 Å². The van der Waals surface area contributed by atoms with Gasteiger partial charge in [0.2, 0.25) is 0 Å². The minimum Gasteiger partial charge on any atom is -0.453 e. The van der Waals surface area contributed by atoms with Crippen molar-refractivity contribution in [2.24, 2.45) is 0 Å². The van der Waals surface area contributed by atoms with E-state index in [1.54, 1.807) is 6.07 Å². The fourth-order valence-electron chi connectivity index (χ4n) is 1.95. The molecule has 1 atom stereocenters. The van der Waals surface area contributed by atoms with Crippen LogP contribution in [0, 0.1) is 5.82 Å². The van der Waals surface area contributed by atoms with Crippen molar-refractivity contribution in [1.82, 2.24) is 5.32 Å². The monoisotopic (exact) mass is 345 g/mol. The van der Waals surface area contributed by atoms with Gasteiger partial charge in [-0.05, 0) is 64.8 Å². The first-order valence-corrected chi connectivity index (χ1v) is 7.19. The maximum Gasteiger partial charge on any atom is 0.169 e. The number of hydrogen-bond donors (Lipinski definition) is 1. The summed E-state index contributed by atoms with van der Waals surface area (Å²) in [6.07, 6.45) is 0.574. The van der Waals surface area contributed by atoms with Gasteiger partial charge in [0.15, 0.2) is 4.67 Å². The highest BCUT2D eigenvalue weighted by Gasteiger charge is 2.17. The molecule has 1 heterocycles. The largest absolute Gasteiger partial charge is 0.453 e. The molecule has 5 heteroatoms. The molecule has 0 saturated carbocycles. The van der Waals surface area contributed by atoms with E-state index in [-0.39, 0.29) is 11.9 Å². The molecule has 0 spiro atoms. The maximum absolute atomic E-state index is 13.3. The van der Waals surface area contributed by atoms with Gasteiger partial charge >= 0.3 is 0 Å². The van der Waals surface area contributed by atoms with E-state index in [0.29, 0.717) is 16.1 Å². The van der Waals surface area contributed by atoms with Gasteiger partial charge in [-0.25, -0.2) is 4.39 Å². The van der Waals surface area contributed by atoms with Gasteiger partial charge in [0, 0.05) is 5.02 Å². The Morgan fingerprint density at radius 2 is 2.16 bits per heavy atom.